The Morgan fingerprint density at radius 3 is 2.52 bits per heavy atom. The fraction of sp³-hybridized carbons (Fsp3) is 0.611. The van der Waals surface area contributed by atoms with Gasteiger partial charge in [-0.05, 0) is 57.3 Å². The fourth-order valence-corrected chi connectivity index (χ4v) is 3.13. The molecule has 0 bridgehead atoms. The van der Waals surface area contributed by atoms with E-state index in [-0.39, 0.29) is 29.8 Å². The zero-order chi connectivity index (χ0) is 15.2. The van der Waals surface area contributed by atoms with Gasteiger partial charge in [0.1, 0.15) is 0 Å². The van der Waals surface area contributed by atoms with Crippen LogP contribution in [0.1, 0.15) is 50.2 Å². The quantitative estimate of drug-likeness (QED) is 0.890. The van der Waals surface area contributed by atoms with Crippen molar-refractivity contribution in [2.45, 2.75) is 58.9 Å². The maximum Gasteiger partial charge on any atom is 0.241 e. The Bertz CT molecular complexity index is 474. The summed E-state index contributed by atoms with van der Waals surface area (Å²) in [6.45, 7) is 8.42. The summed E-state index contributed by atoms with van der Waals surface area (Å²) in [6, 6.07) is 6.19. The zero-order valence-electron chi connectivity index (χ0n) is 14.5. The highest BCUT2D eigenvalue weighted by Gasteiger charge is 2.28. The van der Waals surface area contributed by atoms with Gasteiger partial charge in [0.15, 0.2) is 0 Å². The summed E-state index contributed by atoms with van der Waals surface area (Å²) in [5, 5.41) is 3.17. The van der Waals surface area contributed by atoms with Gasteiger partial charge in [-0.2, -0.15) is 0 Å². The second-order valence-corrected chi connectivity index (χ2v) is 6.16. The smallest absolute Gasteiger partial charge is 0.241 e. The van der Waals surface area contributed by atoms with E-state index in [0.717, 1.165) is 42.7 Å². The Balaban J connectivity index is 0.00000242. The van der Waals surface area contributed by atoms with Crippen LogP contribution in [0.3, 0.4) is 0 Å². The molecule has 23 heavy (non-hydrogen) atoms. The summed E-state index contributed by atoms with van der Waals surface area (Å²) in [7, 11) is 0. The highest BCUT2D eigenvalue weighted by molar-refractivity contribution is 5.96. The number of likely N-dealkylation sites (tertiary alicyclic amines) is 1. The molecule has 2 rings (SSSR count). The first-order chi connectivity index (χ1) is 10.1. The van der Waals surface area contributed by atoms with Crippen LogP contribution in [-0.2, 0) is 4.79 Å². The number of benzene rings is 1. The zero-order valence-corrected chi connectivity index (χ0v) is 15.3. The molecule has 0 saturated carbocycles. The van der Waals surface area contributed by atoms with E-state index < -0.39 is 0 Å². The topological polar surface area (TPSA) is 63.8 Å². The first-order valence-electron chi connectivity index (χ1n) is 8.24. The van der Waals surface area contributed by atoms with Crippen LogP contribution in [0, 0.1) is 13.8 Å². The first-order valence-corrected chi connectivity index (χ1v) is 8.24. The molecule has 0 aliphatic carbocycles. The minimum absolute atomic E-state index is 0. The number of para-hydroxylation sites is 1. The molecule has 0 aromatic heterocycles. The van der Waals surface area contributed by atoms with E-state index in [1.165, 1.54) is 19.3 Å². The molecule has 1 aromatic carbocycles. The largest absolute Gasteiger partial charge is 0.412 e. The monoisotopic (exact) mass is 342 g/mol. The van der Waals surface area contributed by atoms with Crippen LogP contribution < -0.4 is 5.32 Å². The Morgan fingerprint density at radius 1 is 1.26 bits per heavy atom. The summed E-state index contributed by atoms with van der Waals surface area (Å²) in [5.41, 5.74) is 3.27. The number of nitrogens with zero attached hydrogens (tertiary/aromatic N) is 1. The molecule has 1 fully saturated rings. The summed E-state index contributed by atoms with van der Waals surface area (Å²) in [4.78, 5) is 15.1. The van der Waals surface area contributed by atoms with Gasteiger partial charge in [-0.25, -0.2) is 0 Å². The van der Waals surface area contributed by atoms with Crippen LogP contribution in [0.25, 0.3) is 0 Å². The van der Waals surface area contributed by atoms with E-state index in [9.17, 15) is 4.79 Å². The van der Waals surface area contributed by atoms with Crippen molar-refractivity contribution in [1.29, 1.82) is 0 Å². The van der Waals surface area contributed by atoms with Gasteiger partial charge >= 0.3 is 0 Å². The van der Waals surface area contributed by atoms with Crippen LogP contribution in [-0.4, -0.2) is 35.4 Å². The van der Waals surface area contributed by atoms with Crippen molar-refractivity contribution < 1.29 is 10.3 Å². The number of anilines is 1. The normalized spacial score (nSPS) is 17.8. The Morgan fingerprint density at radius 2 is 1.91 bits per heavy atom. The van der Waals surface area contributed by atoms with Crippen LogP contribution >= 0.6 is 12.4 Å². The Labute approximate surface area is 146 Å². The first kappa shape index (κ1) is 21.9. The molecular weight excluding hydrogens is 312 g/mol. The van der Waals surface area contributed by atoms with Crippen molar-refractivity contribution in [3.05, 3.63) is 29.3 Å². The number of hydrogen-bond acceptors (Lipinski definition) is 2. The van der Waals surface area contributed by atoms with Crippen LogP contribution in [0.15, 0.2) is 18.2 Å². The molecule has 1 amide bonds. The van der Waals surface area contributed by atoms with Gasteiger partial charge in [0.2, 0.25) is 5.91 Å². The van der Waals surface area contributed by atoms with E-state index >= 15 is 0 Å². The molecule has 4 nitrogen and oxygen atoms in total. The van der Waals surface area contributed by atoms with Crippen LogP contribution in [0.5, 0.6) is 0 Å². The molecule has 0 unspecified atom stereocenters. The second kappa shape index (κ2) is 10.6. The number of carbonyl (C=O) groups excluding carboxylic acids is 1. The lowest BCUT2D eigenvalue weighted by atomic mass is 10.00. The Kier molecular flexibility index (Phi) is 10.1. The van der Waals surface area contributed by atoms with Gasteiger partial charge in [-0.15, -0.1) is 12.4 Å². The van der Waals surface area contributed by atoms with Crippen molar-refractivity contribution in [2.24, 2.45) is 0 Å². The van der Waals surface area contributed by atoms with Gasteiger partial charge < -0.3 is 10.8 Å². The molecule has 3 N–H and O–H groups in total. The minimum atomic E-state index is 0. The number of amides is 1. The maximum absolute atomic E-state index is 12.7. The van der Waals surface area contributed by atoms with E-state index in [1.54, 1.807) is 0 Å². The van der Waals surface area contributed by atoms with E-state index in [1.807, 2.05) is 6.07 Å². The molecule has 132 valence electrons. The third-order valence-corrected chi connectivity index (χ3v) is 4.44. The van der Waals surface area contributed by atoms with Gasteiger partial charge in [0, 0.05) is 5.69 Å². The van der Waals surface area contributed by atoms with Crippen molar-refractivity contribution in [2.75, 3.05) is 18.4 Å². The highest BCUT2D eigenvalue weighted by Crippen LogP contribution is 2.23. The number of piperidine rings is 1. The van der Waals surface area contributed by atoms with Crippen molar-refractivity contribution in [3.63, 3.8) is 0 Å². The molecule has 5 heteroatoms. The number of rotatable bonds is 5. The molecule has 0 spiro atoms. The van der Waals surface area contributed by atoms with Crippen molar-refractivity contribution >= 4 is 24.0 Å². The number of hydrogen-bond donors (Lipinski definition) is 1. The third kappa shape index (κ3) is 5.79. The Hall–Kier alpha value is -1.10. The van der Waals surface area contributed by atoms with Gasteiger partial charge in [-0.1, -0.05) is 38.0 Å². The maximum atomic E-state index is 12.7. The standard InChI is InChI=1S/C18H28N2O.ClH.H2O/c1-4-5-12-20-13-7-6-11-16(20)18(21)19-17-14(2)9-8-10-15(17)3;;/h8-10,16H,4-7,11-13H2,1-3H3,(H,19,21);1H;1H2/t16-;;/m0../s1. The molecule has 1 heterocycles. The predicted molar refractivity (Wildman–Crippen MR) is 99.5 cm³/mol. The van der Waals surface area contributed by atoms with Gasteiger partial charge in [0.05, 0.1) is 6.04 Å². The molecule has 1 saturated heterocycles. The van der Waals surface area contributed by atoms with E-state index in [0.29, 0.717) is 0 Å². The average Bonchev–Trinajstić information content (AvgIpc) is 2.49. The summed E-state index contributed by atoms with van der Waals surface area (Å²) in [5.74, 6) is 0.170. The number of unbranched alkanes of at least 4 members (excludes halogenated alkanes) is 1. The lowest BCUT2D eigenvalue weighted by molar-refractivity contribution is -0.122. The lowest BCUT2D eigenvalue weighted by Crippen LogP contribution is -2.47. The van der Waals surface area contributed by atoms with Crippen molar-refractivity contribution in [1.82, 2.24) is 4.90 Å². The highest BCUT2D eigenvalue weighted by atomic mass is 35.5. The van der Waals surface area contributed by atoms with E-state index in [2.05, 4.69) is 43.1 Å². The third-order valence-electron chi connectivity index (χ3n) is 4.44. The van der Waals surface area contributed by atoms with Crippen LogP contribution in [0.2, 0.25) is 0 Å². The van der Waals surface area contributed by atoms with Gasteiger partial charge in [0.25, 0.3) is 0 Å². The number of carbonyl (C=O) groups is 1. The predicted octanol–water partition coefficient (Wildman–Crippen LogP) is 3.49. The lowest BCUT2D eigenvalue weighted by Gasteiger charge is -2.34. The number of halogens is 1. The molecule has 1 aliphatic heterocycles. The fourth-order valence-electron chi connectivity index (χ4n) is 3.13. The molecule has 1 atom stereocenters. The number of aryl methyl sites for hydroxylation is 2. The second-order valence-electron chi connectivity index (χ2n) is 6.16. The van der Waals surface area contributed by atoms with Gasteiger partial charge in [-0.3, -0.25) is 9.69 Å². The molecule has 1 aromatic rings. The SMILES string of the molecule is CCCCN1CCCC[C@H]1C(=O)Nc1c(C)cccc1C.Cl.O. The molecular formula is C18H31ClN2O2. The molecule has 1 aliphatic rings. The summed E-state index contributed by atoms with van der Waals surface area (Å²) >= 11 is 0. The minimum Gasteiger partial charge on any atom is -0.412 e. The summed E-state index contributed by atoms with van der Waals surface area (Å²) < 4.78 is 0. The van der Waals surface area contributed by atoms with Crippen LogP contribution in [0.4, 0.5) is 5.69 Å². The number of nitrogens with one attached hydrogen (secondary N) is 1. The summed E-state index contributed by atoms with van der Waals surface area (Å²) in [6.07, 6.45) is 5.72. The molecule has 0 radical (unpaired) electrons. The average molecular weight is 343 g/mol. The van der Waals surface area contributed by atoms with Crippen molar-refractivity contribution in [3.8, 4) is 0 Å². The van der Waals surface area contributed by atoms with E-state index in [4.69, 9.17) is 0 Å².